The smallest absolute Gasteiger partial charge is 0.123 e. The summed E-state index contributed by atoms with van der Waals surface area (Å²) in [7, 11) is 0. The van der Waals surface area contributed by atoms with Crippen LogP contribution in [0.25, 0.3) is 0 Å². The molecule has 0 spiro atoms. The predicted molar refractivity (Wildman–Crippen MR) is 73.9 cm³/mol. The van der Waals surface area contributed by atoms with E-state index in [0.717, 1.165) is 36.1 Å². The molecule has 0 aliphatic carbocycles. The van der Waals surface area contributed by atoms with Crippen molar-refractivity contribution < 1.29 is 9.13 Å². The van der Waals surface area contributed by atoms with Gasteiger partial charge in [0.2, 0.25) is 0 Å². The van der Waals surface area contributed by atoms with Crippen LogP contribution >= 0.6 is 15.9 Å². The van der Waals surface area contributed by atoms with Crippen molar-refractivity contribution in [1.82, 2.24) is 5.32 Å². The van der Waals surface area contributed by atoms with Gasteiger partial charge in [0.15, 0.2) is 0 Å². The van der Waals surface area contributed by atoms with Crippen LogP contribution in [0, 0.1) is 11.7 Å². The molecule has 0 saturated carbocycles. The Labute approximate surface area is 116 Å². The van der Waals surface area contributed by atoms with Crippen LogP contribution in [-0.2, 0) is 11.3 Å². The van der Waals surface area contributed by atoms with E-state index in [0.29, 0.717) is 18.5 Å². The Morgan fingerprint density at radius 3 is 2.89 bits per heavy atom. The number of nitrogens with one attached hydrogen (secondary N) is 1. The van der Waals surface area contributed by atoms with Gasteiger partial charge in [0.1, 0.15) is 5.82 Å². The molecule has 4 heteroatoms. The van der Waals surface area contributed by atoms with Crippen LogP contribution in [0.3, 0.4) is 0 Å². The number of hydrogen-bond donors (Lipinski definition) is 1. The van der Waals surface area contributed by atoms with Crippen molar-refractivity contribution in [3.8, 4) is 0 Å². The molecular formula is C14H19BrFNO. The molecule has 100 valence electrons. The molecule has 2 rings (SSSR count). The quantitative estimate of drug-likeness (QED) is 0.918. The van der Waals surface area contributed by atoms with E-state index in [1.54, 1.807) is 12.1 Å². The summed E-state index contributed by atoms with van der Waals surface area (Å²) in [5.41, 5.74) is 0.967. The Hall–Kier alpha value is -0.450. The molecule has 0 bridgehead atoms. The molecule has 1 aromatic rings. The fourth-order valence-corrected chi connectivity index (χ4v) is 2.72. The van der Waals surface area contributed by atoms with Gasteiger partial charge in [0, 0.05) is 30.3 Å². The van der Waals surface area contributed by atoms with Crippen molar-refractivity contribution in [3.05, 3.63) is 34.1 Å². The SMILES string of the molecule is CC(NCc1cc(F)ccc1Br)C1CCOCC1. The van der Waals surface area contributed by atoms with Crippen LogP contribution in [-0.4, -0.2) is 19.3 Å². The lowest BCUT2D eigenvalue weighted by molar-refractivity contribution is 0.0558. The summed E-state index contributed by atoms with van der Waals surface area (Å²) in [6.07, 6.45) is 2.22. The van der Waals surface area contributed by atoms with Crippen molar-refractivity contribution >= 4 is 15.9 Å². The van der Waals surface area contributed by atoms with Crippen molar-refractivity contribution in [3.63, 3.8) is 0 Å². The molecule has 2 nitrogen and oxygen atoms in total. The minimum atomic E-state index is -0.186. The lowest BCUT2D eigenvalue weighted by Gasteiger charge is -2.28. The maximum absolute atomic E-state index is 13.2. The summed E-state index contributed by atoms with van der Waals surface area (Å²) in [6, 6.07) is 5.23. The second-order valence-electron chi connectivity index (χ2n) is 4.86. The first-order valence-electron chi connectivity index (χ1n) is 6.42. The summed E-state index contributed by atoms with van der Waals surface area (Å²) < 4.78 is 19.5. The molecule has 1 unspecified atom stereocenters. The fourth-order valence-electron chi connectivity index (χ4n) is 2.33. The Bertz CT molecular complexity index is 393. The van der Waals surface area contributed by atoms with Crippen LogP contribution in [0.15, 0.2) is 22.7 Å². The van der Waals surface area contributed by atoms with E-state index in [-0.39, 0.29) is 5.82 Å². The lowest BCUT2D eigenvalue weighted by Crippen LogP contribution is -2.36. The highest BCUT2D eigenvalue weighted by atomic mass is 79.9. The first kappa shape index (κ1) is 14.0. The van der Waals surface area contributed by atoms with Crippen LogP contribution in [0.4, 0.5) is 4.39 Å². The van der Waals surface area contributed by atoms with E-state index >= 15 is 0 Å². The van der Waals surface area contributed by atoms with Gasteiger partial charge in [-0.15, -0.1) is 0 Å². The first-order valence-corrected chi connectivity index (χ1v) is 7.21. The van der Waals surface area contributed by atoms with Gasteiger partial charge in [-0.05, 0) is 49.4 Å². The normalized spacial score (nSPS) is 18.8. The highest BCUT2D eigenvalue weighted by molar-refractivity contribution is 9.10. The summed E-state index contributed by atoms with van der Waals surface area (Å²) in [5.74, 6) is 0.472. The summed E-state index contributed by atoms with van der Waals surface area (Å²) in [6.45, 7) is 4.61. The van der Waals surface area contributed by atoms with E-state index < -0.39 is 0 Å². The minimum Gasteiger partial charge on any atom is -0.381 e. The largest absolute Gasteiger partial charge is 0.381 e. The second-order valence-corrected chi connectivity index (χ2v) is 5.71. The predicted octanol–water partition coefficient (Wildman–Crippen LogP) is 3.49. The zero-order valence-corrected chi connectivity index (χ0v) is 12.2. The zero-order chi connectivity index (χ0) is 13.0. The maximum atomic E-state index is 13.2. The minimum absolute atomic E-state index is 0.186. The Morgan fingerprint density at radius 2 is 2.17 bits per heavy atom. The zero-order valence-electron chi connectivity index (χ0n) is 10.6. The molecular weight excluding hydrogens is 297 g/mol. The average Bonchev–Trinajstić information content (AvgIpc) is 2.40. The standard InChI is InChI=1S/C14H19BrFNO/c1-10(11-4-6-18-7-5-11)17-9-12-8-13(16)2-3-14(12)15/h2-3,8,10-11,17H,4-7,9H2,1H3. The Balaban J connectivity index is 1.88. The summed E-state index contributed by atoms with van der Waals surface area (Å²) in [4.78, 5) is 0. The summed E-state index contributed by atoms with van der Waals surface area (Å²) in [5, 5.41) is 3.48. The van der Waals surface area contributed by atoms with Gasteiger partial charge >= 0.3 is 0 Å². The van der Waals surface area contributed by atoms with Crippen molar-refractivity contribution in [2.45, 2.75) is 32.4 Å². The third kappa shape index (κ3) is 3.77. The van der Waals surface area contributed by atoms with Crippen LogP contribution in [0.2, 0.25) is 0 Å². The number of halogens is 2. The third-order valence-corrected chi connectivity index (χ3v) is 4.37. The number of rotatable bonds is 4. The van der Waals surface area contributed by atoms with Gasteiger partial charge in [-0.25, -0.2) is 4.39 Å². The van der Waals surface area contributed by atoms with Gasteiger partial charge in [0.05, 0.1) is 0 Å². The molecule has 1 N–H and O–H groups in total. The second kappa shape index (κ2) is 6.64. The molecule has 1 heterocycles. The van der Waals surface area contributed by atoms with Crippen molar-refractivity contribution in [2.75, 3.05) is 13.2 Å². The molecule has 1 atom stereocenters. The van der Waals surface area contributed by atoms with E-state index in [1.165, 1.54) is 6.07 Å². The van der Waals surface area contributed by atoms with Gasteiger partial charge in [0.25, 0.3) is 0 Å². The van der Waals surface area contributed by atoms with Gasteiger partial charge in [-0.2, -0.15) is 0 Å². The molecule has 0 radical (unpaired) electrons. The molecule has 0 aromatic heterocycles. The molecule has 18 heavy (non-hydrogen) atoms. The first-order chi connectivity index (χ1) is 8.66. The summed E-state index contributed by atoms with van der Waals surface area (Å²) >= 11 is 3.45. The third-order valence-electron chi connectivity index (χ3n) is 3.60. The maximum Gasteiger partial charge on any atom is 0.123 e. The topological polar surface area (TPSA) is 21.3 Å². The highest BCUT2D eigenvalue weighted by Crippen LogP contribution is 2.21. The van der Waals surface area contributed by atoms with E-state index in [2.05, 4.69) is 28.2 Å². The van der Waals surface area contributed by atoms with Crippen LogP contribution in [0.1, 0.15) is 25.3 Å². The van der Waals surface area contributed by atoms with Gasteiger partial charge < -0.3 is 10.1 Å². The van der Waals surface area contributed by atoms with E-state index in [9.17, 15) is 4.39 Å². The van der Waals surface area contributed by atoms with Gasteiger partial charge in [-0.1, -0.05) is 15.9 Å². The molecule has 1 aliphatic rings. The van der Waals surface area contributed by atoms with Crippen LogP contribution < -0.4 is 5.32 Å². The molecule has 1 saturated heterocycles. The number of benzene rings is 1. The Morgan fingerprint density at radius 1 is 1.44 bits per heavy atom. The molecule has 1 aliphatic heterocycles. The van der Waals surface area contributed by atoms with Gasteiger partial charge in [-0.3, -0.25) is 0 Å². The lowest BCUT2D eigenvalue weighted by atomic mass is 9.93. The monoisotopic (exact) mass is 315 g/mol. The number of hydrogen-bond acceptors (Lipinski definition) is 2. The molecule has 1 aromatic carbocycles. The number of ether oxygens (including phenoxy) is 1. The van der Waals surface area contributed by atoms with Crippen molar-refractivity contribution in [1.29, 1.82) is 0 Å². The van der Waals surface area contributed by atoms with Crippen molar-refractivity contribution in [2.24, 2.45) is 5.92 Å². The van der Waals surface area contributed by atoms with Crippen LogP contribution in [0.5, 0.6) is 0 Å². The van der Waals surface area contributed by atoms with E-state index in [4.69, 9.17) is 4.74 Å². The Kier molecular flexibility index (Phi) is 5.15. The molecule has 0 amide bonds. The average molecular weight is 316 g/mol. The molecule has 1 fully saturated rings. The van der Waals surface area contributed by atoms with E-state index in [1.807, 2.05) is 0 Å². The fraction of sp³-hybridized carbons (Fsp3) is 0.571. The highest BCUT2D eigenvalue weighted by Gasteiger charge is 2.20.